The second-order valence-corrected chi connectivity index (χ2v) is 5.32. The summed E-state index contributed by atoms with van der Waals surface area (Å²) in [5.74, 6) is 0.0756. The van der Waals surface area contributed by atoms with E-state index in [1.54, 1.807) is 47.5 Å². The first kappa shape index (κ1) is 18.3. The van der Waals surface area contributed by atoms with Crippen molar-refractivity contribution < 1.29 is 14.3 Å². The lowest BCUT2D eigenvalue weighted by molar-refractivity contribution is 0.0600. The number of amides is 1. The van der Waals surface area contributed by atoms with E-state index in [4.69, 9.17) is 5.73 Å². The highest BCUT2D eigenvalue weighted by Crippen LogP contribution is 2.13. The van der Waals surface area contributed by atoms with Crippen molar-refractivity contribution in [1.82, 2.24) is 9.88 Å². The van der Waals surface area contributed by atoms with Crippen LogP contribution in [0.4, 0.5) is 11.5 Å². The number of aromatic nitrogens is 1. The summed E-state index contributed by atoms with van der Waals surface area (Å²) in [6, 6.07) is 9.95. The number of carbonyl (C=O) groups excluding carboxylic acids is 2. The molecular formula is C18H22N4O3. The van der Waals surface area contributed by atoms with Crippen LogP contribution in [0.1, 0.15) is 27.6 Å². The molecule has 0 saturated heterocycles. The second-order valence-electron chi connectivity index (χ2n) is 5.32. The van der Waals surface area contributed by atoms with Crippen molar-refractivity contribution in [2.45, 2.75) is 6.92 Å². The van der Waals surface area contributed by atoms with Crippen molar-refractivity contribution in [3.8, 4) is 0 Å². The van der Waals surface area contributed by atoms with E-state index in [1.807, 2.05) is 6.92 Å². The molecule has 7 nitrogen and oxygen atoms in total. The first-order chi connectivity index (χ1) is 12.1. The van der Waals surface area contributed by atoms with Crippen LogP contribution in [0.2, 0.25) is 0 Å². The standard InChI is InChI=1S/C18H22N4O3/c1-3-22(12-11-21-16-15(19)5-4-10-20-16)17(23)13-6-8-14(9-7-13)18(24)25-2/h4-10H,3,11-12,19H2,1-2H3,(H,20,21). The average Bonchev–Trinajstić information content (AvgIpc) is 2.65. The molecule has 7 heteroatoms. The molecule has 0 aliphatic rings. The largest absolute Gasteiger partial charge is 0.465 e. The molecule has 0 radical (unpaired) electrons. The Kier molecular flexibility index (Phi) is 6.33. The van der Waals surface area contributed by atoms with E-state index in [9.17, 15) is 9.59 Å². The fourth-order valence-electron chi connectivity index (χ4n) is 2.33. The molecule has 0 saturated carbocycles. The number of hydrogen-bond acceptors (Lipinski definition) is 6. The molecule has 3 N–H and O–H groups in total. The summed E-state index contributed by atoms with van der Waals surface area (Å²) in [7, 11) is 1.32. The molecule has 0 spiro atoms. The summed E-state index contributed by atoms with van der Waals surface area (Å²) in [5, 5.41) is 3.12. The number of anilines is 2. The Balaban J connectivity index is 1.96. The van der Waals surface area contributed by atoms with Crippen molar-refractivity contribution in [2.75, 3.05) is 37.8 Å². The summed E-state index contributed by atoms with van der Waals surface area (Å²) >= 11 is 0. The maximum atomic E-state index is 12.6. The molecule has 0 aliphatic heterocycles. The number of methoxy groups -OCH3 is 1. The highest BCUT2D eigenvalue weighted by Gasteiger charge is 2.15. The van der Waals surface area contributed by atoms with Crippen LogP contribution in [0.3, 0.4) is 0 Å². The van der Waals surface area contributed by atoms with Gasteiger partial charge in [-0.3, -0.25) is 4.79 Å². The minimum Gasteiger partial charge on any atom is -0.465 e. The minimum absolute atomic E-state index is 0.102. The number of benzene rings is 1. The molecule has 1 aromatic heterocycles. The Hall–Kier alpha value is -3.09. The zero-order chi connectivity index (χ0) is 18.2. The number of rotatable bonds is 7. The number of carbonyl (C=O) groups is 2. The predicted molar refractivity (Wildman–Crippen MR) is 96.5 cm³/mol. The van der Waals surface area contributed by atoms with Crippen molar-refractivity contribution in [3.63, 3.8) is 0 Å². The highest BCUT2D eigenvalue weighted by molar-refractivity contribution is 5.96. The molecule has 0 aliphatic carbocycles. The zero-order valence-electron chi connectivity index (χ0n) is 14.4. The maximum Gasteiger partial charge on any atom is 0.337 e. The third kappa shape index (κ3) is 4.69. The number of esters is 1. The van der Waals surface area contributed by atoms with Gasteiger partial charge in [-0.2, -0.15) is 0 Å². The lowest BCUT2D eigenvalue weighted by atomic mass is 10.1. The van der Waals surface area contributed by atoms with Crippen molar-refractivity contribution >= 4 is 23.4 Å². The number of nitrogens with two attached hydrogens (primary N) is 1. The van der Waals surface area contributed by atoms with E-state index in [2.05, 4.69) is 15.0 Å². The zero-order valence-corrected chi connectivity index (χ0v) is 14.4. The molecule has 2 rings (SSSR count). The lowest BCUT2D eigenvalue weighted by Gasteiger charge is -2.21. The van der Waals surface area contributed by atoms with Gasteiger partial charge in [0.1, 0.15) is 5.82 Å². The molecule has 0 bridgehead atoms. The molecule has 0 fully saturated rings. The van der Waals surface area contributed by atoms with Crippen LogP contribution in [0.15, 0.2) is 42.6 Å². The summed E-state index contributed by atoms with van der Waals surface area (Å²) in [6.45, 7) is 3.51. The number of nitrogen functional groups attached to an aromatic ring is 1. The number of nitrogens with zero attached hydrogens (tertiary/aromatic N) is 2. The van der Waals surface area contributed by atoms with Gasteiger partial charge in [0.2, 0.25) is 0 Å². The third-order valence-corrected chi connectivity index (χ3v) is 3.73. The molecule has 1 amide bonds. The van der Waals surface area contributed by atoms with E-state index in [-0.39, 0.29) is 5.91 Å². The SMILES string of the molecule is CCN(CCNc1ncccc1N)C(=O)c1ccc(C(=O)OC)cc1. The van der Waals surface area contributed by atoms with E-state index < -0.39 is 5.97 Å². The van der Waals surface area contributed by atoms with Gasteiger partial charge in [-0.15, -0.1) is 0 Å². The number of ether oxygens (including phenoxy) is 1. The molecule has 1 aromatic carbocycles. The first-order valence-corrected chi connectivity index (χ1v) is 7.98. The van der Waals surface area contributed by atoms with Crippen LogP contribution >= 0.6 is 0 Å². The number of pyridine rings is 1. The predicted octanol–water partition coefficient (Wildman–Crippen LogP) is 2.02. The highest BCUT2D eigenvalue weighted by atomic mass is 16.5. The molecule has 0 atom stereocenters. The number of likely N-dealkylation sites (N-methyl/N-ethyl adjacent to an activating group) is 1. The van der Waals surface area contributed by atoms with Crippen molar-refractivity contribution in [1.29, 1.82) is 0 Å². The summed E-state index contributed by atoms with van der Waals surface area (Å²) in [6.07, 6.45) is 1.66. The first-order valence-electron chi connectivity index (χ1n) is 7.98. The van der Waals surface area contributed by atoms with Gasteiger partial charge in [0.25, 0.3) is 5.91 Å². The minimum atomic E-state index is -0.427. The van der Waals surface area contributed by atoms with Gasteiger partial charge in [0.15, 0.2) is 0 Å². The Morgan fingerprint density at radius 1 is 1.20 bits per heavy atom. The van der Waals surface area contributed by atoms with E-state index >= 15 is 0 Å². The van der Waals surface area contributed by atoms with E-state index in [1.165, 1.54) is 7.11 Å². The number of hydrogen-bond donors (Lipinski definition) is 2. The quantitative estimate of drug-likeness (QED) is 0.747. The van der Waals surface area contributed by atoms with Crippen molar-refractivity contribution in [2.24, 2.45) is 0 Å². The Labute approximate surface area is 146 Å². The Bertz CT molecular complexity index is 731. The molecule has 1 heterocycles. The van der Waals surface area contributed by atoms with Gasteiger partial charge in [0, 0.05) is 31.4 Å². The second kappa shape index (κ2) is 8.68. The third-order valence-electron chi connectivity index (χ3n) is 3.73. The van der Waals surface area contributed by atoms with Gasteiger partial charge in [-0.25, -0.2) is 9.78 Å². The van der Waals surface area contributed by atoms with E-state index in [0.717, 1.165) is 0 Å². The van der Waals surface area contributed by atoms with Gasteiger partial charge in [0.05, 0.1) is 18.4 Å². The van der Waals surface area contributed by atoms with E-state index in [0.29, 0.717) is 42.3 Å². The summed E-state index contributed by atoms with van der Waals surface area (Å²) in [5.41, 5.74) is 7.32. The average molecular weight is 342 g/mol. The van der Waals surface area contributed by atoms with Gasteiger partial charge in [-0.1, -0.05) is 0 Å². The molecule has 25 heavy (non-hydrogen) atoms. The van der Waals surface area contributed by atoms with Crippen LogP contribution in [-0.4, -0.2) is 48.5 Å². The number of nitrogens with one attached hydrogen (secondary N) is 1. The van der Waals surface area contributed by atoms with Crippen LogP contribution < -0.4 is 11.1 Å². The fourth-order valence-corrected chi connectivity index (χ4v) is 2.33. The van der Waals surface area contributed by atoms with Crippen LogP contribution in [-0.2, 0) is 4.74 Å². The Morgan fingerprint density at radius 3 is 2.48 bits per heavy atom. The molecule has 2 aromatic rings. The topological polar surface area (TPSA) is 97.5 Å². The smallest absolute Gasteiger partial charge is 0.337 e. The monoisotopic (exact) mass is 342 g/mol. The van der Waals surface area contributed by atoms with Gasteiger partial charge in [-0.05, 0) is 43.3 Å². The van der Waals surface area contributed by atoms with Gasteiger partial charge < -0.3 is 20.7 Å². The summed E-state index contributed by atoms with van der Waals surface area (Å²) in [4.78, 5) is 29.9. The normalized spacial score (nSPS) is 10.2. The van der Waals surface area contributed by atoms with Crippen LogP contribution in [0.25, 0.3) is 0 Å². The molecule has 132 valence electrons. The molecule has 0 unspecified atom stereocenters. The summed E-state index contributed by atoms with van der Waals surface area (Å²) < 4.78 is 4.65. The maximum absolute atomic E-state index is 12.6. The van der Waals surface area contributed by atoms with Crippen LogP contribution in [0.5, 0.6) is 0 Å². The lowest BCUT2D eigenvalue weighted by Crippen LogP contribution is -2.35. The van der Waals surface area contributed by atoms with Crippen molar-refractivity contribution in [3.05, 3.63) is 53.7 Å². The Morgan fingerprint density at radius 2 is 1.88 bits per heavy atom. The molecular weight excluding hydrogens is 320 g/mol. The fraction of sp³-hybridized carbons (Fsp3) is 0.278. The van der Waals surface area contributed by atoms with Crippen LogP contribution in [0, 0.1) is 0 Å². The van der Waals surface area contributed by atoms with Gasteiger partial charge >= 0.3 is 5.97 Å².